The van der Waals surface area contributed by atoms with Crippen molar-refractivity contribution in [3.63, 3.8) is 0 Å². The number of nitrogens with one attached hydrogen (secondary N) is 2. The quantitative estimate of drug-likeness (QED) is 0.309. The van der Waals surface area contributed by atoms with Gasteiger partial charge in [0.2, 0.25) is 23.2 Å². The Kier molecular flexibility index (Phi) is 7.10. The fraction of sp³-hybridized carbons (Fsp3) is 0.400. The third-order valence-electron chi connectivity index (χ3n) is 5.27. The van der Waals surface area contributed by atoms with Crippen LogP contribution in [0.3, 0.4) is 0 Å². The maximum absolute atomic E-state index is 12.4. The zero-order valence-electron chi connectivity index (χ0n) is 17.8. The van der Waals surface area contributed by atoms with Gasteiger partial charge in [-0.1, -0.05) is 6.08 Å². The summed E-state index contributed by atoms with van der Waals surface area (Å²) in [5.74, 6) is -3.44. The van der Waals surface area contributed by atoms with Gasteiger partial charge < -0.3 is 21.3 Å². The maximum atomic E-state index is 12.4. The fourth-order valence-corrected chi connectivity index (χ4v) is 3.42. The van der Waals surface area contributed by atoms with Crippen molar-refractivity contribution >= 4 is 40.7 Å². The number of aliphatic carboxylic acids is 2. The number of aromatic nitrogens is 4. The second-order valence-electron chi connectivity index (χ2n) is 7.58. The Balaban J connectivity index is 1.66. The molecule has 2 aromatic heterocycles. The van der Waals surface area contributed by atoms with Crippen LogP contribution in [0.2, 0.25) is 0 Å². The van der Waals surface area contributed by atoms with Crippen LogP contribution < -0.4 is 21.2 Å². The van der Waals surface area contributed by atoms with Gasteiger partial charge in [0.25, 0.3) is 0 Å². The highest BCUT2D eigenvalue weighted by atomic mass is 16.4. The van der Waals surface area contributed by atoms with Gasteiger partial charge in [-0.2, -0.15) is 9.55 Å². The van der Waals surface area contributed by atoms with Gasteiger partial charge in [0.15, 0.2) is 0 Å². The zero-order chi connectivity index (χ0) is 24.1. The molecule has 0 saturated heterocycles. The van der Waals surface area contributed by atoms with E-state index in [9.17, 15) is 24.3 Å². The van der Waals surface area contributed by atoms with E-state index in [1.54, 1.807) is 30.0 Å². The number of aromatic amines is 1. The molecule has 6 N–H and O–H groups in total. The van der Waals surface area contributed by atoms with E-state index < -0.39 is 35.4 Å². The molecule has 0 radical (unpaired) electrons. The molecule has 0 bridgehead atoms. The fourth-order valence-electron chi connectivity index (χ4n) is 3.42. The third kappa shape index (κ3) is 5.75. The summed E-state index contributed by atoms with van der Waals surface area (Å²) in [5, 5.41) is 20.3. The van der Waals surface area contributed by atoms with Gasteiger partial charge in [0, 0.05) is 12.1 Å². The summed E-state index contributed by atoms with van der Waals surface area (Å²) < 4.78 is 1.64. The number of rotatable bonds is 8. The van der Waals surface area contributed by atoms with Gasteiger partial charge in [-0.05, 0) is 25.3 Å². The highest BCUT2D eigenvalue weighted by Crippen LogP contribution is 2.17. The summed E-state index contributed by atoms with van der Waals surface area (Å²) in [6, 6.07) is -1.26. The molecule has 0 saturated carbocycles. The molecule has 3 rings (SSSR count). The number of aliphatic imine (C=N–C) groups is 1. The van der Waals surface area contributed by atoms with E-state index in [1.807, 2.05) is 0 Å². The number of nitrogens with zero attached hydrogens (tertiary/aromatic N) is 4. The molecule has 174 valence electrons. The zero-order valence-corrected chi connectivity index (χ0v) is 17.8. The standard InChI is InChI=1S/C20H23N7O6/c1-27-12(9-23-16-15(27)18(31)26-20(21)25-16)8-22-11-4-2-10(3-5-11)17(30)24-13(19(32)33)6-7-14(28)29/h2,4,9-10,13H,3,5-8H2,1H3,(H5-,21,23,24,25,26,28,29,30,31,32,33)/p+1. The van der Waals surface area contributed by atoms with Gasteiger partial charge in [-0.15, -0.1) is 0 Å². The van der Waals surface area contributed by atoms with Gasteiger partial charge >= 0.3 is 23.0 Å². The highest BCUT2D eigenvalue weighted by molar-refractivity contribution is 5.98. The predicted molar refractivity (Wildman–Crippen MR) is 115 cm³/mol. The van der Waals surface area contributed by atoms with Crippen LogP contribution in [0.5, 0.6) is 0 Å². The maximum Gasteiger partial charge on any atom is 0.326 e. The number of carboxylic acid groups (broad SMARTS) is 2. The monoisotopic (exact) mass is 458 g/mol. The lowest BCUT2D eigenvalue weighted by molar-refractivity contribution is -0.653. The third-order valence-corrected chi connectivity index (χ3v) is 5.27. The van der Waals surface area contributed by atoms with Crippen molar-refractivity contribution in [3.8, 4) is 0 Å². The number of allylic oxidation sites excluding steroid dienone is 1. The second kappa shape index (κ2) is 9.97. The Labute approximate surface area is 187 Å². The first-order valence-electron chi connectivity index (χ1n) is 10.2. The first kappa shape index (κ1) is 23.5. The molecule has 1 amide bonds. The van der Waals surface area contributed by atoms with Crippen molar-refractivity contribution in [2.24, 2.45) is 18.0 Å². The van der Waals surface area contributed by atoms with Crippen LogP contribution in [-0.4, -0.2) is 54.8 Å². The summed E-state index contributed by atoms with van der Waals surface area (Å²) in [7, 11) is 1.70. The van der Waals surface area contributed by atoms with Crippen molar-refractivity contribution in [1.82, 2.24) is 20.3 Å². The topological polar surface area (TPSA) is 205 Å². The second-order valence-corrected chi connectivity index (χ2v) is 7.58. The molecule has 2 aromatic rings. The van der Waals surface area contributed by atoms with E-state index in [2.05, 4.69) is 25.3 Å². The number of nitrogen functional groups attached to an aromatic ring is 1. The lowest BCUT2D eigenvalue weighted by Crippen LogP contribution is -2.44. The van der Waals surface area contributed by atoms with Crippen molar-refractivity contribution in [2.75, 3.05) is 5.73 Å². The number of H-pyrrole nitrogens is 1. The molecule has 1 aliphatic rings. The van der Waals surface area contributed by atoms with Crippen LogP contribution in [0.1, 0.15) is 31.4 Å². The van der Waals surface area contributed by atoms with E-state index in [0.717, 1.165) is 5.71 Å². The lowest BCUT2D eigenvalue weighted by atomic mass is 9.93. The first-order valence-corrected chi connectivity index (χ1v) is 10.2. The van der Waals surface area contributed by atoms with Gasteiger partial charge in [0.1, 0.15) is 19.6 Å². The molecule has 0 spiro atoms. The van der Waals surface area contributed by atoms with E-state index in [1.165, 1.54) is 0 Å². The lowest BCUT2D eigenvalue weighted by Gasteiger charge is -2.20. The number of amides is 1. The minimum Gasteiger partial charge on any atom is -0.481 e. The number of fused-ring (bicyclic) bond motifs is 1. The molecule has 0 aromatic carbocycles. The molecule has 0 fully saturated rings. The van der Waals surface area contributed by atoms with Crippen molar-refractivity contribution < 1.29 is 29.2 Å². The first-order chi connectivity index (χ1) is 15.7. The van der Waals surface area contributed by atoms with Crippen molar-refractivity contribution in [1.29, 1.82) is 0 Å². The van der Waals surface area contributed by atoms with E-state index in [0.29, 0.717) is 18.5 Å². The number of carbonyl (C=O) groups is 3. The van der Waals surface area contributed by atoms with Crippen LogP contribution in [0.4, 0.5) is 5.95 Å². The summed E-state index contributed by atoms with van der Waals surface area (Å²) in [4.78, 5) is 61.6. The molecular weight excluding hydrogens is 434 g/mol. The van der Waals surface area contributed by atoms with Gasteiger partial charge in [-0.25, -0.2) is 9.78 Å². The minimum atomic E-state index is -1.28. The van der Waals surface area contributed by atoms with Gasteiger partial charge in [0.05, 0.1) is 12.1 Å². The number of aryl methyl sites for hydroxylation is 1. The predicted octanol–water partition coefficient (Wildman–Crippen LogP) is -0.934. The molecular formula is C20H24N7O6+. The Hall–Kier alpha value is -4.16. The minimum absolute atomic E-state index is 0.0181. The van der Waals surface area contributed by atoms with E-state index >= 15 is 0 Å². The summed E-state index contributed by atoms with van der Waals surface area (Å²) in [5.41, 5.74) is 7.05. The number of hydrogen-bond donors (Lipinski definition) is 5. The number of nitrogens with two attached hydrogens (primary N) is 1. The highest BCUT2D eigenvalue weighted by Gasteiger charge is 2.26. The largest absolute Gasteiger partial charge is 0.481 e. The molecule has 2 atom stereocenters. The van der Waals surface area contributed by atoms with E-state index in [-0.39, 0.29) is 36.5 Å². The van der Waals surface area contributed by atoms with Crippen LogP contribution >= 0.6 is 0 Å². The smallest absolute Gasteiger partial charge is 0.326 e. The molecule has 33 heavy (non-hydrogen) atoms. The van der Waals surface area contributed by atoms with Crippen LogP contribution in [0.25, 0.3) is 11.2 Å². The van der Waals surface area contributed by atoms with Crippen LogP contribution in [-0.2, 0) is 28.0 Å². The summed E-state index contributed by atoms with van der Waals surface area (Å²) >= 11 is 0. The Morgan fingerprint density at radius 1 is 1.39 bits per heavy atom. The average molecular weight is 458 g/mol. The Morgan fingerprint density at radius 3 is 2.79 bits per heavy atom. The van der Waals surface area contributed by atoms with Crippen LogP contribution in [0, 0.1) is 5.92 Å². The number of carbonyl (C=O) groups excluding carboxylic acids is 1. The van der Waals surface area contributed by atoms with Crippen molar-refractivity contribution in [3.05, 3.63) is 34.4 Å². The molecule has 2 heterocycles. The van der Waals surface area contributed by atoms with Gasteiger partial charge in [-0.3, -0.25) is 24.4 Å². The van der Waals surface area contributed by atoms with Crippen molar-refractivity contribution in [2.45, 2.75) is 38.3 Å². The molecule has 0 aliphatic heterocycles. The van der Waals surface area contributed by atoms with E-state index in [4.69, 9.17) is 10.8 Å². The molecule has 2 unspecified atom stereocenters. The number of anilines is 1. The summed E-state index contributed by atoms with van der Waals surface area (Å²) in [6.45, 7) is 0.246. The summed E-state index contributed by atoms with van der Waals surface area (Å²) in [6.07, 6.45) is 5.27. The number of carboxylic acids is 2. The Morgan fingerprint density at radius 2 is 2.15 bits per heavy atom. The molecule has 13 heteroatoms. The molecule has 13 nitrogen and oxygen atoms in total. The Bertz CT molecular complexity index is 1220. The average Bonchev–Trinajstić information content (AvgIpc) is 2.75. The normalized spacial score (nSPS) is 17.7. The SMILES string of the molecule is C[n+]1c(CN=C2C=CC(C(=O)NC(CCC(=O)O)C(=O)O)CC2)cnc2nc(N)[nH]c(=O)c21. The molecule has 1 aliphatic carbocycles. The number of hydrogen-bond acceptors (Lipinski definition) is 8. The van der Waals surface area contributed by atoms with Crippen LogP contribution in [0.15, 0.2) is 28.1 Å².